The third-order valence-electron chi connectivity index (χ3n) is 4.05. The highest BCUT2D eigenvalue weighted by Gasteiger charge is 2.39. The maximum atomic E-state index is 5.67. The number of hydrogen-bond acceptors (Lipinski definition) is 3. The van der Waals surface area contributed by atoms with Crippen LogP contribution in [0.2, 0.25) is 0 Å². The van der Waals surface area contributed by atoms with E-state index in [1.165, 1.54) is 38.8 Å². The Bertz CT molecular complexity index is 222. The molecule has 2 fully saturated rings. The summed E-state index contributed by atoms with van der Waals surface area (Å²) in [5.74, 6) is 0. The fourth-order valence-corrected chi connectivity index (χ4v) is 2.91. The Morgan fingerprint density at radius 2 is 2.18 bits per heavy atom. The number of nitrogens with one attached hydrogen (secondary N) is 1. The average molecular weight is 240 g/mol. The van der Waals surface area contributed by atoms with Crippen molar-refractivity contribution in [2.75, 3.05) is 39.4 Å². The zero-order valence-electron chi connectivity index (χ0n) is 11.5. The minimum Gasteiger partial charge on any atom is -0.381 e. The van der Waals surface area contributed by atoms with E-state index in [0.717, 1.165) is 32.3 Å². The maximum absolute atomic E-state index is 5.67. The summed E-state index contributed by atoms with van der Waals surface area (Å²) < 4.78 is 5.67. The van der Waals surface area contributed by atoms with Crippen LogP contribution in [0.4, 0.5) is 0 Å². The number of rotatable bonds is 8. The zero-order valence-corrected chi connectivity index (χ0v) is 11.5. The van der Waals surface area contributed by atoms with E-state index in [1.807, 2.05) is 0 Å². The molecule has 1 unspecified atom stereocenters. The van der Waals surface area contributed by atoms with Crippen LogP contribution >= 0.6 is 0 Å². The van der Waals surface area contributed by atoms with Crippen molar-refractivity contribution < 1.29 is 4.74 Å². The molecule has 3 nitrogen and oxygen atoms in total. The molecule has 0 aromatic heterocycles. The molecule has 0 amide bonds. The second kappa shape index (κ2) is 6.17. The van der Waals surface area contributed by atoms with Gasteiger partial charge >= 0.3 is 0 Å². The highest BCUT2D eigenvalue weighted by molar-refractivity contribution is 4.93. The molecular formula is C14H28N2O. The minimum atomic E-state index is 0.383. The average Bonchev–Trinajstić information content (AvgIpc) is 3.08. The highest BCUT2D eigenvalue weighted by atomic mass is 16.5. The molecule has 3 heteroatoms. The lowest BCUT2D eigenvalue weighted by Gasteiger charge is -2.34. The highest BCUT2D eigenvalue weighted by Crippen LogP contribution is 2.34. The summed E-state index contributed by atoms with van der Waals surface area (Å²) in [6, 6.07) is 0.883. The third-order valence-corrected chi connectivity index (χ3v) is 4.05. The molecular weight excluding hydrogens is 212 g/mol. The molecule has 1 aliphatic heterocycles. The maximum Gasteiger partial charge on any atom is 0.0547 e. The van der Waals surface area contributed by atoms with Gasteiger partial charge in [-0.2, -0.15) is 0 Å². The first-order chi connectivity index (χ1) is 8.29. The van der Waals surface area contributed by atoms with Crippen LogP contribution in [0.3, 0.4) is 0 Å². The Hall–Kier alpha value is -0.120. The lowest BCUT2D eigenvalue weighted by atomic mass is 9.86. The van der Waals surface area contributed by atoms with Gasteiger partial charge in [-0.25, -0.2) is 0 Å². The van der Waals surface area contributed by atoms with E-state index in [4.69, 9.17) is 4.74 Å². The fraction of sp³-hybridized carbons (Fsp3) is 1.00. The number of nitrogens with zero attached hydrogens (tertiary/aromatic N) is 1. The summed E-state index contributed by atoms with van der Waals surface area (Å²) in [4.78, 5) is 2.71. The minimum absolute atomic E-state index is 0.383. The first-order valence-corrected chi connectivity index (χ1v) is 7.32. The van der Waals surface area contributed by atoms with Crippen molar-refractivity contribution in [3.05, 3.63) is 0 Å². The van der Waals surface area contributed by atoms with Crippen LogP contribution in [0.5, 0.6) is 0 Å². The molecule has 1 N–H and O–H groups in total. The fourth-order valence-electron chi connectivity index (χ4n) is 2.91. The first-order valence-electron chi connectivity index (χ1n) is 7.32. The van der Waals surface area contributed by atoms with E-state index >= 15 is 0 Å². The van der Waals surface area contributed by atoms with Gasteiger partial charge in [0.1, 0.15) is 0 Å². The molecule has 1 saturated carbocycles. The van der Waals surface area contributed by atoms with Crippen molar-refractivity contribution in [2.24, 2.45) is 5.41 Å². The Kier molecular flexibility index (Phi) is 4.83. The molecule has 17 heavy (non-hydrogen) atoms. The van der Waals surface area contributed by atoms with Gasteiger partial charge in [0.15, 0.2) is 0 Å². The first kappa shape index (κ1) is 13.3. The van der Waals surface area contributed by atoms with Crippen LogP contribution < -0.4 is 5.32 Å². The van der Waals surface area contributed by atoms with Crippen molar-refractivity contribution in [3.63, 3.8) is 0 Å². The van der Waals surface area contributed by atoms with E-state index in [2.05, 4.69) is 24.1 Å². The lowest BCUT2D eigenvalue weighted by Crippen LogP contribution is -2.45. The Morgan fingerprint density at radius 3 is 2.71 bits per heavy atom. The summed E-state index contributed by atoms with van der Waals surface area (Å²) in [7, 11) is 0. The summed E-state index contributed by atoms with van der Waals surface area (Å²) in [6.45, 7) is 11.1. The van der Waals surface area contributed by atoms with Crippen LogP contribution in [0.25, 0.3) is 0 Å². The predicted molar refractivity (Wildman–Crippen MR) is 71.3 cm³/mol. The topological polar surface area (TPSA) is 24.5 Å². The Balaban J connectivity index is 1.90. The van der Waals surface area contributed by atoms with Gasteiger partial charge < -0.3 is 10.1 Å². The van der Waals surface area contributed by atoms with Gasteiger partial charge in [0.2, 0.25) is 0 Å². The van der Waals surface area contributed by atoms with Crippen LogP contribution in [0, 0.1) is 5.41 Å². The van der Waals surface area contributed by atoms with Crippen LogP contribution in [-0.2, 0) is 4.74 Å². The number of ether oxygens (including phenoxy) is 1. The smallest absolute Gasteiger partial charge is 0.0547 e. The summed E-state index contributed by atoms with van der Waals surface area (Å²) in [5.41, 5.74) is 0.383. The van der Waals surface area contributed by atoms with Gasteiger partial charge in [-0.15, -0.1) is 0 Å². The van der Waals surface area contributed by atoms with Gasteiger partial charge in [0, 0.05) is 31.2 Å². The van der Waals surface area contributed by atoms with Gasteiger partial charge in [-0.05, 0) is 38.8 Å². The van der Waals surface area contributed by atoms with Crippen molar-refractivity contribution >= 4 is 0 Å². The Morgan fingerprint density at radius 1 is 1.35 bits per heavy atom. The molecule has 1 atom stereocenters. The molecule has 1 aliphatic carbocycles. The van der Waals surface area contributed by atoms with E-state index in [-0.39, 0.29) is 0 Å². The normalized spacial score (nSPS) is 29.1. The van der Waals surface area contributed by atoms with Gasteiger partial charge in [-0.1, -0.05) is 13.8 Å². The third kappa shape index (κ3) is 3.67. The number of hydrogen-bond donors (Lipinski definition) is 1. The van der Waals surface area contributed by atoms with Gasteiger partial charge in [0.05, 0.1) is 6.61 Å². The van der Waals surface area contributed by atoms with Crippen LogP contribution in [0.1, 0.15) is 39.5 Å². The molecule has 0 aromatic carbocycles. The van der Waals surface area contributed by atoms with Crippen molar-refractivity contribution in [1.82, 2.24) is 10.2 Å². The van der Waals surface area contributed by atoms with E-state index in [9.17, 15) is 0 Å². The second-order valence-corrected chi connectivity index (χ2v) is 5.78. The van der Waals surface area contributed by atoms with E-state index in [0.29, 0.717) is 5.41 Å². The van der Waals surface area contributed by atoms with Crippen molar-refractivity contribution in [3.8, 4) is 0 Å². The lowest BCUT2D eigenvalue weighted by molar-refractivity contribution is 0.105. The standard InChI is InChI=1S/C14H28N2O/c1-3-8-16(13-5-6-13)11-14(10-15-4-2)7-9-17-12-14/h13,15H,3-12H2,1-2H3. The van der Waals surface area contributed by atoms with Crippen LogP contribution in [-0.4, -0.2) is 50.3 Å². The van der Waals surface area contributed by atoms with E-state index < -0.39 is 0 Å². The quantitative estimate of drug-likeness (QED) is 0.701. The van der Waals surface area contributed by atoms with E-state index in [1.54, 1.807) is 0 Å². The van der Waals surface area contributed by atoms with Crippen molar-refractivity contribution in [1.29, 1.82) is 0 Å². The predicted octanol–water partition coefficient (Wildman–Crippen LogP) is 1.88. The summed E-state index contributed by atoms with van der Waals surface area (Å²) in [6.07, 6.45) is 5.33. The van der Waals surface area contributed by atoms with Gasteiger partial charge in [-0.3, -0.25) is 4.90 Å². The molecule has 100 valence electrons. The largest absolute Gasteiger partial charge is 0.381 e. The Labute approximate surface area is 106 Å². The molecule has 0 radical (unpaired) electrons. The molecule has 0 aromatic rings. The second-order valence-electron chi connectivity index (χ2n) is 5.78. The van der Waals surface area contributed by atoms with Gasteiger partial charge in [0.25, 0.3) is 0 Å². The molecule has 2 aliphatic rings. The molecule has 2 rings (SSSR count). The van der Waals surface area contributed by atoms with Crippen molar-refractivity contribution in [2.45, 2.75) is 45.6 Å². The molecule has 0 bridgehead atoms. The summed E-state index contributed by atoms with van der Waals surface area (Å²) >= 11 is 0. The molecule has 1 saturated heterocycles. The van der Waals surface area contributed by atoms with Crippen LogP contribution in [0.15, 0.2) is 0 Å². The monoisotopic (exact) mass is 240 g/mol. The summed E-state index contributed by atoms with van der Waals surface area (Å²) in [5, 5.41) is 3.53. The molecule has 1 heterocycles. The molecule has 0 spiro atoms. The SMILES string of the molecule is CCCN(CC1(CNCC)CCOC1)C1CC1. The zero-order chi connectivity index (χ0) is 12.1.